The fraction of sp³-hybridized carbons (Fsp3) is 0.953. The molecule has 0 amide bonds. The summed E-state index contributed by atoms with van der Waals surface area (Å²) in [5, 5.41) is 10.7. The molecule has 104 heavy (non-hydrogen) atoms. The van der Waals surface area contributed by atoms with Gasteiger partial charge in [-0.2, -0.15) is 0 Å². The number of carbonyl (C=O) groups excluding carboxylic acids is 4. The van der Waals surface area contributed by atoms with Crippen LogP contribution in [0.5, 0.6) is 0 Å². The summed E-state index contributed by atoms with van der Waals surface area (Å²) in [5.74, 6) is -0.576. The van der Waals surface area contributed by atoms with Gasteiger partial charge in [0.05, 0.1) is 26.4 Å². The summed E-state index contributed by atoms with van der Waals surface area (Å²) >= 11 is 0. The summed E-state index contributed by atoms with van der Waals surface area (Å²) in [7, 11) is -9.93. The lowest BCUT2D eigenvalue weighted by atomic mass is 9.99. The Kier molecular flexibility index (Phi) is 75.0. The van der Waals surface area contributed by atoms with Crippen molar-refractivity contribution in [3.05, 3.63) is 0 Å². The molecule has 0 aromatic carbocycles. The SMILES string of the molecule is CCCCCCCCCCCCCCCCCCCCCCCC(=O)O[C@H](COC(=O)CCCCCCCCCCCCCCCCCCCC)COP(=O)(O)OC[C@@H](O)COP(=O)(O)OC[C@@H](COC(=O)CCCCCCCCCCC(C)C)OC(=O)CCCCCCCCCCCCC(C)CC. The Hall–Kier alpha value is -1.94. The zero-order valence-electron chi connectivity index (χ0n) is 68.3. The monoisotopic (exact) mass is 1520 g/mol. The van der Waals surface area contributed by atoms with Crippen molar-refractivity contribution >= 4 is 39.5 Å². The second-order valence-electron chi connectivity index (χ2n) is 31.3. The molecule has 0 radical (unpaired) electrons. The van der Waals surface area contributed by atoms with Gasteiger partial charge in [0.25, 0.3) is 0 Å². The van der Waals surface area contributed by atoms with Crippen molar-refractivity contribution in [2.75, 3.05) is 39.6 Å². The van der Waals surface area contributed by atoms with Crippen LogP contribution in [-0.4, -0.2) is 96.7 Å². The molecule has 0 rings (SSSR count). The number of unbranched alkanes of at least 4 members (excludes halogenated alkanes) is 53. The van der Waals surface area contributed by atoms with Gasteiger partial charge in [0, 0.05) is 25.7 Å². The van der Waals surface area contributed by atoms with Gasteiger partial charge in [0.15, 0.2) is 12.2 Å². The van der Waals surface area contributed by atoms with Crippen LogP contribution in [0.15, 0.2) is 0 Å². The van der Waals surface area contributed by atoms with E-state index >= 15 is 0 Å². The second-order valence-corrected chi connectivity index (χ2v) is 34.2. The molecule has 3 unspecified atom stereocenters. The van der Waals surface area contributed by atoms with Crippen LogP contribution in [0.25, 0.3) is 0 Å². The fourth-order valence-corrected chi connectivity index (χ4v) is 14.8. The van der Waals surface area contributed by atoms with E-state index in [0.717, 1.165) is 102 Å². The predicted octanol–water partition coefficient (Wildman–Crippen LogP) is 25.8. The smallest absolute Gasteiger partial charge is 0.462 e. The van der Waals surface area contributed by atoms with Gasteiger partial charge >= 0.3 is 39.5 Å². The molecule has 0 spiro atoms. The van der Waals surface area contributed by atoms with Crippen molar-refractivity contribution < 1.29 is 80.2 Å². The van der Waals surface area contributed by atoms with E-state index in [-0.39, 0.29) is 25.7 Å². The standard InChI is InChI=1S/C85H166O17P2/c1-7-10-12-14-16-18-20-22-24-26-28-29-30-32-34-36-38-43-51-57-63-69-84(89)101-80(73-95-82(87)67-61-55-49-42-37-35-33-31-27-25-23-21-19-17-15-13-11-8-2)75-99-103(91,92)97-71-79(86)72-98-104(93,94)100-76-81(74-96-83(88)68-62-56-50-46-45-47-53-59-65-77(4)5)102-85(90)70-64-58-52-44-40-39-41-48-54-60-66-78(6)9-3/h77-81,86H,7-76H2,1-6H3,(H,91,92)(H,93,94)/t78?,79-,80-,81-/m1/s1. The molecule has 0 aliphatic rings. The number of hydrogen-bond donors (Lipinski definition) is 3. The van der Waals surface area contributed by atoms with Crippen LogP contribution < -0.4 is 0 Å². The minimum Gasteiger partial charge on any atom is -0.462 e. The van der Waals surface area contributed by atoms with Crippen LogP contribution >= 0.6 is 15.6 Å². The minimum atomic E-state index is -4.97. The van der Waals surface area contributed by atoms with Gasteiger partial charge in [0.1, 0.15) is 19.3 Å². The number of phosphoric acid groups is 2. The summed E-state index contributed by atoms with van der Waals surface area (Å²) < 4.78 is 68.9. The van der Waals surface area contributed by atoms with Gasteiger partial charge in [-0.1, -0.05) is 401 Å². The third-order valence-electron chi connectivity index (χ3n) is 20.3. The highest BCUT2D eigenvalue weighted by Gasteiger charge is 2.30. The normalized spacial score (nSPS) is 14.1. The molecule has 19 heteroatoms. The van der Waals surface area contributed by atoms with Gasteiger partial charge in [-0.3, -0.25) is 37.3 Å². The molecule has 0 aliphatic carbocycles. The zero-order chi connectivity index (χ0) is 76.4. The third-order valence-corrected chi connectivity index (χ3v) is 22.2. The molecule has 6 atom stereocenters. The molecule has 0 aliphatic heterocycles. The first-order chi connectivity index (χ1) is 50.4. The number of phosphoric ester groups is 2. The summed E-state index contributed by atoms with van der Waals surface area (Å²) in [5.41, 5.74) is 0. The number of carbonyl (C=O) groups is 4. The van der Waals surface area contributed by atoms with E-state index in [4.69, 9.17) is 37.0 Å². The first-order valence-corrected chi connectivity index (χ1v) is 47.0. The van der Waals surface area contributed by atoms with Crippen molar-refractivity contribution in [2.24, 2.45) is 11.8 Å². The molecule has 0 aromatic heterocycles. The van der Waals surface area contributed by atoms with Crippen molar-refractivity contribution in [3.63, 3.8) is 0 Å². The quantitative estimate of drug-likeness (QED) is 0.0222. The van der Waals surface area contributed by atoms with E-state index in [2.05, 4.69) is 41.5 Å². The highest BCUT2D eigenvalue weighted by molar-refractivity contribution is 7.47. The lowest BCUT2D eigenvalue weighted by Gasteiger charge is -2.21. The van der Waals surface area contributed by atoms with Crippen molar-refractivity contribution in [2.45, 2.75) is 471 Å². The predicted molar refractivity (Wildman–Crippen MR) is 428 cm³/mol. The molecular formula is C85H166O17P2. The molecule has 0 saturated carbocycles. The van der Waals surface area contributed by atoms with E-state index in [0.29, 0.717) is 25.7 Å². The lowest BCUT2D eigenvalue weighted by Crippen LogP contribution is -2.30. The maximum Gasteiger partial charge on any atom is 0.472 e. The Morgan fingerprint density at radius 3 is 0.731 bits per heavy atom. The van der Waals surface area contributed by atoms with Crippen molar-refractivity contribution in [1.29, 1.82) is 0 Å². The van der Waals surface area contributed by atoms with Gasteiger partial charge in [-0.25, -0.2) is 9.13 Å². The van der Waals surface area contributed by atoms with Crippen LogP contribution in [0.3, 0.4) is 0 Å². The molecule has 0 fully saturated rings. The van der Waals surface area contributed by atoms with Crippen LogP contribution in [0.4, 0.5) is 0 Å². The minimum absolute atomic E-state index is 0.106. The molecule has 17 nitrogen and oxygen atoms in total. The average Bonchev–Trinajstić information content (AvgIpc) is 0.915. The Balaban J connectivity index is 5.24. The molecule has 0 saturated heterocycles. The van der Waals surface area contributed by atoms with Gasteiger partial charge in [-0.05, 0) is 37.5 Å². The highest BCUT2D eigenvalue weighted by atomic mass is 31.2. The number of hydrogen-bond acceptors (Lipinski definition) is 15. The van der Waals surface area contributed by atoms with Gasteiger partial charge < -0.3 is 33.8 Å². The molecule has 3 N–H and O–H groups in total. The van der Waals surface area contributed by atoms with E-state index in [1.807, 2.05) is 0 Å². The molecule has 0 bridgehead atoms. The summed E-state index contributed by atoms with van der Waals surface area (Å²) in [6, 6.07) is 0. The second kappa shape index (κ2) is 76.4. The summed E-state index contributed by atoms with van der Waals surface area (Å²) in [6.45, 7) is 9.65. The molecule has 618 valence electrons. The third kappa shape index (κ3) is 76.8. The maximum absolute atomic E-state index is 13.1. The average molecular weight is 1520 g/mol. The highest BCUT2D eigenvalue weighted by Crippen LogP contribution is 2.45. The Morgan fingerprint density at radius 1 is 0.279 bits per heavy atom. The lowest BCUT2D eigenvalue weighted by molar-refractivity contribution is -0.161. The Bertz CT molecular complexity index is 2000. The maximum atomic E-state index is 13.1. The fourth-order valence-electron chi connectivity index (χ4n) is 13.2. The number of aliphatic hydroxyl groups is 1. The number of ether oxygens (including phenoxy) is 4. The summed E-state index contributed by atoms with van der Waals surface area (Å²) in [6.07, 6.45) is 68.1. The Morgan fingerprint density at radius 2 is 0.490 bits per heavy atom. The Labute approximate surface area is 638 Å². The van der Waals surface area contributed by atoms with Crippen molar-refractivity contribution in [1.82, 2.24) is 0 Å². The van der Waals surface area contributed by atoms with Crippen LogP contribution in [0.1, 0.15) is 452 Å². The van der Waals surface area contributed by atoms with E-state index < -0.39 is 97.5 Å². The van der Waals surface area contributed by atoms with E-state index in [1.54, 1.807) is 0 Å². The van der Waals surface area contributed by atoms with Gasteiger partial charge in [0.2, 0.25) is 0 Å². The molecule has 0 heterocycles. The van der Waals surface area contributed by atoms with Gasteiger partial charge in [-0.15, -0.1) is 0 Å². The number of esters is 4. The zero-order valence-corrected chi connectivity index (χ0v) is 70.1. The van der Waals surface area contributed by atoms with Crippen LogP contribution in [0, 0.1) is 11.8 Å². The first kappa shape index (κ1) is 102. The van der Waals surface area contributed by atoms with E-state index in [1.165, 1.54) is 270 Å². The molecular weight excluding hydrogens is 1350 g/mol. The molecule has 0 aromatic rings. The largest absolute Gasteiger partial charge is 0.472 e. The number of rotatable bonds is 84. The van der Waals surface area contributed by atoms with Crippen LogP contribution in [0.2, 0.25) is 0 Å². The topological polar surface area (TPSA) is 237 Å². The van der Waals surface area contributed by atoms with E-state index in [9.17, 15) is 43.2 Å². The van der Waals surface area contributed by atoms with Crippen molar-refractivity contribution in [3.8, 4) is 0 Å². The van der Waals surface area contributed by atoms with Crippen LogP contribution in [-0.2, 0) is 65.4 Å². The first-order valence-electron chi connectivity index (χ1n) is 44.0. The number of aliphatic hydroxyl groups excluding tert-OH is 1. The summed E-state index contributed by atoms with van der Waals surface area (Å²) in [4.78, 5) is 73.2.